The summed E-state index contributed by atoms with van der Waals surface area (Å²) < 4.78 is 5.27. The predicted octanol–water partition coefficient (Wildman–Crippen LogP) is 3.69. The van der Waals surface area contributed by atoms with Gasteiger partial charge in [-0.15, -0.1) is 0 Å². The molecule has 0 spiro atoms. The van der Waals surface area contributed by atoms with Gasteiger partial charge in [-0.3, -0.25) is 9.59 Å². The number of benzene rings is 1. The number of ether oxygens (including phenoxy) is 1. The molecule has 1 atom stereocenters. The first-order valence-electron chi connectivity index (χ1n) is 9.85. The Hall–Kier alpha value is -3.61. The van der Waals surface area contributed by atoms with Crippen molar-refractivity contribution in [2.45, 2.75) is 25.8 Å². The van der Waals surface area contributed by atoms with Crippen molar-refractivity contribution in [2.75, 3.05) is 19.5 Å². The third-order valence-electron chi connectivity index (χ3n) is 5.58. The van der Waals surface area contributed by atoms with E-state index in [9.17, 15) is 9.59 Å². The van der Waals surface area contributed by atoms with Crippen LogP contribution >= 0.6 is 0 Å². The molecule has 30 heavy (non-hydrogen) atoms. The molecule has 4 rings (SSSR count). The maximum atomic E-state index is 12.8. The number of carbonyl (C=O) groups is 2. The lowest BCUT2D eigenvalue weighted by molar-refractivity contribution is -0.126. The van der Waals surface area contributed by atoms with Gasteiger partial charge in [0.2, 0.25) is 11.8 Å². The number of amides is 2. The lowest BCUT2D eigenvalue weighted by Gasteiger charge is -2.23. The highest BCUT2D eigenvalue weighted by Gasteiger charge is 2.19. The van der Waals surface area contributed by atoms with Crippen LogP contribution in [0.15, 0.2) is 42.7 Å². The van der Waals surface area contributed by atoms with Gasteiger partial charge in [-0.05, 0) is 54.3 Å². The van der Waals surface area contributed by atoms with Crippen molar-refractivity contribution >= 4 is 34.6 Å². The van der Waals surface area contributed by atoms with Crippen LogP contribution in [-0.4, -0.2) is 40.8 Å². The summed E-state index contributed by atoms with van der Waals surface area (Å²) in [4.78, 5) is 33.5. The largest absolute Gasteiger partial charge is 0.497 e. The number of nitrogens with one attached hydrogen (secondary N) is 2. The molecule has 1 aliphatic heterocycles. The molecule has 0 radical (unpaired) electrons. The van der Waals surface area contributed by atoms with E-state index >= 15 is 0 Å². The number of nitrogens with zero attached hydrogens (tertiary/aromatic N) is 2. The van der Waals surface area contributed by atoms with Crippen LogP contribution in [-0.2, 0) is 16.0 Å². The Kier molecular flexibility index (Phi) is 5.27. The number of rotatable bonds is 5. The highest BCUT2D eigenvalue weighted by molar-refractivity contribution is 5.94. The number of aryl methyl sites for hydroxylation is 1. The van der Waals surface area contributed by atoms with E-state index in [1.165, 1.54) is 0 Å². The topological polar surface area (TPSA) is 87.3 Å². The Labute approximate surface area is 174 Å². The van der Waals surface area contributed by atoms with Gasteiger partial charge in [-0.25, -0.2) is 4.98 Å². The van der Waals surface area contributed by atoms with E-state index in [2.05, 4.69) is 15.3 Å². The van der Waals surface area contributed by atoms with Gasteiger partial charge in [0.25, 0.3) is 0 Å². The minimum Gasteiger partial charge on any atom is -0.497 e. The molecule has 3 aromatic rings. The number of hydrogen-bond acceptors (Lipinski definition) is 4. The van der Waals surface area contributed by atoms with Crippen LogP contribution in [0.4, 0.5) is 5.82 Å². The van der Waals surface area contributed by atoms with Crippen LogP contribution < -0.4 is 10.1 Å². The fourth-order valence-corrected chi connectivity index (χ4v) is 3.65. The molecule has 2 aromatic heterocycles. The number of pyridine rings is 1. The molecule has 3 heterocycles. The number of H-pyrrole nitrogens is 1. The first-order valence-corrected chi connectivity index (χ1v) is 9.85. The van der Waals surface area contributed by atoms with Gasteiger partial charge in [0.15, 0.2) is 0 Å². The van der Waals surface area contributed by atoms with Crippen LogP contribution in [0.2, 0.25) is 0 Å². The molecule has 7 nitrogen and oxygen atoms in total. The standard InChI is InChI=1S/C23H24N4O3/c1-14(19-13-24-20-11-17(30-3)6-7-18(19)20)27(2)22(29)9-4-15-10-16-5-8-21(28)26-23(16)25-12-15/h4,6-7,9-14,24H,5,8H2,1-3H3,(H,25,26,28). The molecule has 7 heteroatoms. The van der Waals surface area contributed by atoms with Crippen molar-refractivity contribution in [1.29, 1.82) is 0 Å². The average molecular weight is 404 g/mol. The zero-order valence-electron chi connectivity index (χ0n) is 17.2. The maximum Gasteiger partial charge on any atom is 0.246 e. The zero-order chi connectivity index (χ0) is 21.3. The summed E-state index contributed by atoms with van der Waals surface area (Å²) in [5.74, 6) is 1.28. The highest BCUT2D eigenvalue weighted by atomic mass is 16.5. The van der Waals surface area contributed by atoms with E-state index in [0.717, 1.165) is 33.3 Å². The van der Waals surface area contributed by atoms with Crippen molar-refractivity contribution in [3.05, 3.63) is 59.4 Å². The maximum absolute atomic E-state index is 12.8. The van der Waals surface area contributed by atoms with Gasteiger partial charge in [0.1, 0.15) is 11.6 Å². The van der Waals surface area contributed by atoms with Gasteiger partial charge in [0, 0.05) is 48.9 Å². The number of aromatic amines is 1. The fraction of sp³-hybridized carbons (Fsp3) is 0.261. The molecule has 0 fully saturated rings. The Bertz CT molecular complexity index is 1150. The number of anilines is 1. The molecule has 1 unspecified atom stereocenters. The summed E-state index contributed by atoms with van der Waals surface area (Å²) in [5.41, 5.74) is 3.83. The van der Waals surface area contributed by atoms with E-state index in [0.29, 0.717) is 18.7 Å². The lowest BCUT2D eigenvalue weighted by atomic mass is 10.0. The third-order valence-corrected chi connectivity index (χ3v) is 5.58. The second-order valence-corrected chi connectivity index (χ2v) is 7.44. The molecule has 2 amide bonds. The molecule has 1 aromatic carbocycles. The molecular formula is C23H24N4O3. The summed E-state index contributed by atoms with van der Waals surface area (Å²) in [6, 6.07) is 7.71. The first-order chi connectivity index (χ1) is 14.5. The average Bonchev–Trinajstić information content (AvgIpc) is 3.19. The molecule has 0 aliphatic carbocycles. The van der Waals surface area contributed by atoms with E-state index in [1.54, 1.807) is 37.4 Å². The van der Waals surface area contributed by atoms with Crippen molar-refractivity contribution in [1.82, 2.24) is 14.9 Å². The smallest absolute Gasteiger partial charge is 0.246 e. The first kappa shape index (κ1) is 19.7. The van der Waals surface area contributed by atoms with E-state index in [1.807, 2.05) is 37.4 Å². The van der Waals surface area contributed by atoms with Crippen LogP contribution in [0.25, 0.3) is 17.0 Å². The second kappa shape index (κ2) is 8.02. The van der Waals surface area contributed by atoms with E-state index < -0.39 is 0 Å². The van der Waals surface area contributed by atoms with Gasteiger partial charge in [0.05, 0.1) is 13.2 Å². The SMILES string of the molecule is COc1ccc2c(C(C)N(C)C(=O)C=Cc3cnc4c(c3)CCC(=O)N4)c[nH]c2c1. The van der Waals surface area contributed by atoms with E-state index in [-0.39, 0.29) is 17.9 Å². The Morgan fingerprint density at radius 2 is 2.13 bits per heavy atom. The molecule has 0 saturated heterocycles. The van der Waals surface area contributed by atoms with Crippen LogP contribution in [0.5, 0.6) is 5.75 Å². The molecule has 2 N–H and O–H groups in total. The van der Waals surface area contributed by atoms with Gasteiger partial charge >= 0.3 is 0 Å². The summed E-state index contributed by atoms with van der Waals surface area (Å²) in [6.07, 6.45) is 8.02. The summed E-state index contributed by atoms with van der Waals surface area (Å²) >= 11 is 0. The number of likely N-dealkylation sites (N-methyl/N-ethyl adjacent to an activating group) is 1. The van der Waals surface area contributed by atoms with Gasteiger partial charge in [-0.1, -0.05) is 0 Å². The Morgan fingerprint density at radius 1 is 1.30 bits per heavy atom. The Balaban J connectivity index is 1.49. The van der Waals surface area contributed by atoms with Gasteiger partial charge in [-0.2, -0.15) is 0 Å². The second-order valence-electron chi connectivity index (χ2n) is 7.44. The molecule has 0 bridgehead atoms. The molecular weight excluding hydrogens is 380 g/mol. The highest BCUT2D eigenvalue weighted by Crippen LogP contribution is 2.30. The van der Waals surface area contributed by atoms with Crippen molar-refractivity contribution in [3.8, 4) is 5.75 Å². The number of methoxy groups -OCH3 is 1. The molecule has 0 saturated carbocycles. The number of carbonyl (C=O) groups excluding carboxylic acids is 2. The summed E-state index contributed by atoms with van der Waals surface area (Å²) in [7, 11) is 3.43. The number of aromatic nitrogens is 2. The van der Waals surface area contributed by atoms with Gasteiger partial charge < -0.3 is 19.9 Å². The predicted molar refractivity (Wildman–Crippen MR) is 116 cm³/mol. The quantitative estimate of drug-likeness (QED) is 0.635. The minimum atomic E-state index is -0.110. The summed E-state index contributed by atoms with van der Waals surface area (Å²) in [5, 5.41) is 3.83. The summed E-state index contributed by atoms with van der Waals surface area (Å²) in [6.45, 7) is 2.00. The van der Waals surface area contributed by atoms with Crippen molar-refractivity contribution < 1.29 is 14.3 Å². The van der Waals surface area contributed by atoms with E-state index in [4.69, 9.17) is 4.74 Å². The zero-order valence-corrected chi connectivity index (χ0v) is 17.2. The minimum absolute atomic E-state index is 0.0141. The molecule has 154 valence electrons. The normalized spacial score (nSPS) is 14.4. The van der Waals surface area contributed by atoms with Crippen LogP contribution in [0, 0.1) is 0 Å². The van der Waals surface area contributed by atoms with Crippen molar-refractivity contribution in [2.24, 2.45) is 0 Å². The fourth-order valence-electron chi connectivity index (χ4n) is 3.65. The third kappa shape index (κ3) is 3.78. The van der Waals surface area contributed by atoms with Crippen LogP contribution in [0.1, 0.15) is 36.1 Å². The van der Waals surface area contributed by atoms with Crippen LogP contribution in [0.3, 0.4) is 0 Å². The number of hydrogen-bond donors (Lipinski definition) is 2. The monoisotopic (exact) mass is 404 g/mol. The lowest BCUT2D eigenvalue weighted by Crippen LogP contribution is -2.27. The number of fused-ring (bicyclic) bond motifs is 2. The van der Waals surface area contributed by atoms with Crippen molar-refractivity contribution in [3.63, 3.8) is 0 Å². The molecule has 1 aliphatic rings. The Morgan fingerprint density at radius 3 is 2.93 bits per heavy atom.